The molecule has 7 atom stereocenters. The quantitative estimate of drug-likeness (QED) is 0.550. The van der Waals surface area contributed by atoms with Gasteiger partial charge in [-0.1, -0.05) is 6.92 Å². The van der Waals surface area contributed by atoms with Crippen molar-refractivity contribution in [1.82, 2.24) is 25.8 Å². The second-order valence-corrected chi connectivity index (χ2v) is 12.2. The molecule has 3 N–H and O–H groups in total. The molecule has 2 saturated carbocycles. The smallest absolute Gasteiger partial charge is 0.0615 e. The van der Waals surface area contributed by atoms with Gasteiger partial charge < -0.3 is 10.6 Å². The van der Waals surface area contributed by atoms with Crippen LogP contribution < -0.4 is 16.0 Å². The van der Waals surface area contributed by atoms with Gasteiger partial charge in [0.1, 0.15) is 0 Å². The molecule has 3 heterocycles. The van der Waals surface area contributed by atoms with Crippen LogP contribution in [0.3, 0.4) is 0 Å². The van der Waals surface area contributed by atoms with E-state index < -0.39 is 0 Å². The number of alkyl halides is 2. The number of piperazine rings is 1. The molecule has 178 valence electrons. The molecule has 7 unspecified atom stereocenters. The first-order valence-corrected chi connectivity index (χ1v) is 13.9. The second kappa shape index (κ2) is 10.3. The third kappa shape index (κ3) is 5.23. The lowest BCUT2D eigenvalue weighted by molar-refractivity contribution is 0.0170. The van der Waals surface area contributed by atoms with Gasteiger partial charge >= 0.3 is 0 Å². The van der Waals surface area contributed by atoms with Gasteiger partial charge in [-0.15, -0.1) is 23.2 Å². The summed E-state index contributed by atoms with van der Waals surface area (Å²) in [4.78, 5) is 5.55. The molecule has 0 radical (unpaired) electrons. The van der Waals surface area contributed by atoms with Gasteiger partial charge in [0.2, 0.25) is 0 Å². The van der Waals surface area contributed by atoms with Crippen LogP contribution in [0, 0.1) is 11.8 Å². The summed E-state index contributed by atoms with van der Waals surface area (Å²) in [6, 6.07) is 2.61. The Labute approximate surface area is 199 Å². The number of piperidine rings is 1. The first kappa shape index (κ1) is 23.1. The van der Waals surface area contributed by atoms with Crippen LogP contribution in [0.25, 0.3) is 0 Å². The number of hydrogen-bond acceptors (Lipinski definition) is 5. The van der Waals surface area contributed by atoms with Gasteiger partial charge in [0, 0.05) is 67.0 Å². The van der Waals surface area contributed by atoms with E-state index in [0.29, 0.717) is 46.9 Å². The maximum Gasteiger partial charge on any atom is 0.0615 e. The van der Waals surface area contributed by atoms with Gasteiger partial charge in [-0.05, 0) is 70.4 Å². The topological polar surface area (TPSA) is 42.6 Å². The van der Waals surface area contributed by atoms with Crippen molar-refractivity contribution < 1.29 is 0 Å². The average molecular weight is 473 g/mol. The predicted molar refractivity (Wildman–Crippen MR) is 130 cm³/mol. The highest BCUT2D eigenvalue weighted by molar-refractivity contribution is 6.21. The highest BCUT2D eigenvalue weighted by Crippen LogP contribution is 2.35. The van der Waals surface area contributed by atoms with Crippen molar-refractivity contribution in [3.8, 4) is 0 Å². The Bertz CT molecular complexity index is 578. The fraction of sp³-hybridized carbons (Fsp3) is 1.00. The second-order valence-electron chi connectivity index (χ2n) is 11.0. The van der Waals surface area contributed by atoms with Gasteiger partial charge in [-0.3, -0.25) is 15.1 Å². The number of nitrogens with zero attached hydrogens (tertiary/aromatic N) is 2. The van der Waals surface area contributed by atoms with Crippen LogP contribution in [0.5, 0.6) is 0 Å². The van der Waals surface area contributed by atoms with E-state index >= 15 is 0 Å². The van der Waals surface area contributed by atoms with Crippen LogP contribution in [0.15, 0.2) is 0 Å². The average Bonchev–Trinajstić information content (AvgIpc) is 3.25. The molecule has 0 amide bonds. The van der Waals surface area contributed by atoms with Crippen molar-refractivity contribution in [3.63, 3.8) is 0 Å². The Morgan fingerprint density at radius 3 is 2.29 bits per heavy atom. The zero-order valence-electron chi connectivity index (χ0n) is 19.2. The Morgan fingerprint density at radius 1 is 0.806 bits per heavy atom. The lowest BCUT2D eigenvalue weighted by atomic mass is 9.81. The van der Waals surface area contributed by atoms with Crippen LogP contribution in [-0.2, 0) is 0 Å². The number of halogens is 2. The molecule has 5 fully saturated rings. The van der Waals surface area contributed by atoms with Crippen LogP contribution in [-0.4, -0.2) is 90.2 Å². The molecule has 0 bridgehead atoms. The molecule has 3 aliphatic heterocycles. The summed E-state index contributed by atoms with van der Waals surface area (Å²) in [6.07, 6.45) is 10.3. The summed E-state index contributed by atoms with van der Waals surface area (Å²) >= 11 is 13.1. The molecular formula is C24H43Cl2N5. The van der Waals surface area contributed by atoms with Crippen LogP contribution in [0.1, 0.15) is 58.3 Å². The Morgan fingerprint density at radius 2 is 1.52 bits per heavy atom. The first-order chi connectivity index (χ1) is 15.1. The molecule has 3 saturated heterocycles. The molecule has 5 nitrogen and oxygen atoms in total. The zero-order valence-corrected chi connectivity index (χ0v) is 20.8. The third-order valence-electron chi connectivity index (χ3n) is 9.23. The van der Waals surface area contributed by atoms with Crippen molar-refractivity contribution in [2.75, 3.05) is 39.3 Å². The highest BCUT2D eigenvalue weighted by atomic mass is 35.5. The largest absolute Gasteiger partial charge is 0.314 e. The molecule has 0 aromatic rings. The minimum atomic E-state index is 0.322. The van der Waals surface area contributed by atoms with Crippen molar-refractivity contribution in [2.45, 2.75) is 99.4 Å². The van der Waals surface area contributed by atoms with E-state index in [1.807, 2.05) is 0 Å². The molecule has 0 spiro atoms. The van der Waals surface area contributed by atoms with E-state index in [1.54, 1.807) is 0 Å². The normalized spacial score (nSPS) is 47.9. The van der Waals surface area contributed by atoms with E-state index in [0.717, 1.165) is 25.6 Å². The highest BCUT2D eigenvalue weighted by Gasteiger charge is 2.42. The van der Waals surface area contributed by atoms with E-state index in [1.165, 1.54) is 71.1 Å². The van der Waals surface area contributed by atoms with Crippen molar-refractivity contribution >= 4 is 23.2 Å². The molecule has 5 aliphatic rings. The van der Waals surface area contributed by atoms with Crippen LogP contribution in [0.2, 0.25) is 0 Å². The van der Waals surface area contributed by atoms with Gasteiger partial charge in [0.15, 0.2) is 0 Å². The van der Waals surface area contributed by atoms with Crippen molar-refractivity contribution in [3.05, 3.63) is 0 Å². The number of fused-ring (bicyclic) bond motifs is 1. The third-order valence-corrected chi connectivity index (χ3v) is 10.2. The maximum absolute atomic E-state index is 6.78. The van der Waals surface area contributed by atoms with E-state index in [2.05, 4.69) is 32.7 Å². The van der Waals surface area contributed by atoms with Gasteiger partial charge in [-0.2, -0.15) is 0 Å². The molecule has 31 heavy (non-hydrogen) atoms. The lowest BCUT2D eigenvalue weighted by Gasteiger charge is -2.49. The zero-order chi connectivity index (χ0) is 21.4. The fourth-order valence-electron chi connectivity index (χ4n) is 7.34. The van der Waals surface area contributed by atoms with Gasteiger partial charge in [0.25, 0.3) is 0 Å². The maximum atomic E-state index is 6.78. The summed E-state index contributed by atoms with van der Waals surface area (Å²) in [6.45, 7) is 9.64. The molecule has 0 aromatic heterocycles. The number of rotatable bonds is 4. The monoisotopic (exact) mass is 471 g/mol. The van der Waals surface area contributed by atoms with E-state index in [-0.39, 0.29) is 0 Å². The summed E-state index contributed by atoms with van der Waals surface area (Å²) in [5.74, 6) is 1.30. The van der Waals surface area contributed by atoms with Crippen LogP contribution in [0.4, 0.5) is 0 Å². The van der Waals surface area contributed by atoms with E-state index in [9.17, 15) is 0 Å². The van der Waals surface area contributed by atoms with Crippen LogP contribution >= 0.6 is 23.2 Å². The summed E-state index contributed by atoms with van der Waals surface area (Å²) < 4.78 is 0. The van der Waals surface area contributed by atoms with E-state index in [4.69, 9.17) is 23.2 Å². The van der Waals surface area contributed by atoms with Gasteiger partial charge in [0.05, 0.1) is 6.17 Å². The first-order valence-electron chi connectivity index (χ1n) is 13.1. The van der Waals surface area contributed by atoms with Gasteiger partial charge in [-0.25, -0.2) is 0 Å². The van der Waals surface area contributed by atoms with Crippen molar-refractivity contribution in [1.29, 1.82) is 0 Å². The SMILES string of the molecule is CC1C(NC2CC(Cl)C3CCNC3C2)NCCC1N1CCN(C2CCC(Cl)CC2)CC1. The molecule has 7 heteroatoms. The molecule has 0 aromatic carbocycles. The number of nitrogens with one attached hydrogen (secondary N) is 3. The fourth-order valence-corrected chi connectivity index (χ4v) is 8.10. The summed E-state index contributed by atoms with van der Waals surface area (Å²) in [7, 11) is 0. The minimum Gasteiger partial charge on any atom is -0.314 e. The summed E-state index contributed by atoms with van der Waals surface area (Å²) in [5, 5.41) is 12.2. The summed E-state index contributed by atoms with van der Waals surface area (Å²) in [5.41, 5.74) is 0. The Kier molecular flexibility index (Phi) is 7.71. The predicted octanol–water partition coefficient (Wildman–Crippen LogP) is 2.82. The van der Waals surface area contributed by atoms with Crippen molar-refractivity contribution in [2.24, 2.45) is 11.8 Å². The molecule has 2 aliphatic carbocycles. The Balaban J connectivity index is 1.12. The number of hydrogen-bond donors (Lipinski definition) is 3. The molecule has 5 rings (SSSR count). The standard InChI is InChI=1S/C24H43Cl2N5/c1-16-23(31-12-10-30(11-13-31)19-4-2-17(25)3-5-19)7-9-28-24(16)29-18-14-21(26)20-6-8-27-22(20)15-18/h16-24,27-29H,2-15H2,1H3. The molecular weight excluding hydrogens is 429 g/mol. The minimum absolute atomic E-state index is 0.322. The Hall–Kier alpha value is 0.380. The lowest BCUT2D eigenvalue weighted by Crippen LogP contribution is -2.64.